The molecule has 1 aromatic rings. The van der Waals surface area contributed by atoms with Gasteiger partial charge in [-0.1, -0.05) is 13.8 Å². The Morgan fingerprint density at radius 1 is 1.39 bits per heavy atom. The molecule has 0 aliphatic carbocycles. The summed E-state index contributed by atoms with van der Waals surface area (Å²) >= 11 is 0. The molecular weight excluding hydrogens is 250 g/mol. The van der Waals surface area contributed by atoms with Crippen LogP contribution in [0.25, 0.3) is 0 Å². The van der Waals surface area contributed by atoms with Crippen molar-refractivity contribution in [3.8, 4) is 0 Å². The van der Waals surface area contributed by atoms with E-state index in [1.807, 2.05) is 20.8 Å². The maximum absolute atomic E-state index is 12.2. The summed E-state index contributed by atoms with van der Waals surface area (Å²) in [5, 5.41) is 3.15. The quantitative estimate of drug-likeness (QED) is 0.795. The number of pyridine rings is 1. The summed E-state index contributed by atoms with van der Waals surface area (Å²) in [6.45, 7) is 6.51. The molecule has 102 valence electrons. The topological polar surface area (TPSA) is 71.1 Å². The van der Waals surface area contributed by atoms with E-state index in [2.05, 4.69) is 15.0 Å². The molecule has 0 amide bonds. The molecule has 6 heteroatoms. The molecule has 0 aromatic carbocycles. The SMILES string of the molecule is CCCNc1cccnc1S(=O)(=O)NC(C)CC. The molecule has 0 saturated heterocycles. The van der Waals surface area contributed by atoms with Gasteiger partial charge in [0.15, 0.2) is 5.03 Å². The number of sulfonamides is 1. The van der Waals surface area contributed by atoms with Gasteiger partial charge in [-0.05, 0) is 31.9 Å². The van der Waals surface area contributed by atoms with Gasteiger partial charge in [0.25, 0.3) is 10.0 Å². The third-order valence-electron chi connectivity index (χ3n) is 2.56. The minimum Gasteiger partial charge on any atom is -0.383 e. The summed E-state index contributed by atoms with van der Waals surface area (Å²) in [7, 11) is -3.56. The lowest BCUT2D eigenvalue weighted by Gasteiger charge is -2.14. The third kappa shape index (κ3) is 3.96. The molecule has 1 aromatic heterocycles. The fraction of sp³-hybridized carbons (Fsp3) is 0.583. The van der Waals surface area contributed by atoms with Crippen molar-refractivity contribution in [2.24, 2.45) is 0 Å². The van der Waals surface area contributed by atoms with Crippen molar-refractivity contribution in [3.05, 3.63) is 18.3 Å². The van der Waals surface area contributed by atoms with Crippen molar-refractivity contribution in [2.45, 2.75) is 44.7 Å². The van der Waals surface area contributed by atoms with E-state index < -0.39 is 10.0 Å². The van der Waals surface area contributed by atoms with Crippen LogP contribution in [0, 0.1) is 0 Å². The van der Waals surface area contributed by atoms with Gasteiger partial charge < -0.3 is 5.32 Å². The van der Waals surface area contributed by atoms with Crippen LogP contribution >= 0.6 is 0 Å². The van der Waals surface area contributed by atoms with Gasteiger partial charge in [0, 0.05) is 18.8 Å². The molecule has 0 aliphatic heterocycles. The zero-order valence-corrected chi connectivity index (χ0v) is 11.9. The van der Waals surface area contributed by atoms with Crippen LogP contribution in [-0.2, 0) is 10.0 Å². The average molecular weight is 271 g/mol. The molecule has 1 atom stereocenters. The Bertz CT molecular complexity index is 474. The maximum Gasteiger partial charge on any atom is 0.260 e. The molecule has 0 bridgehead atoms. The Morgan fingerprint density at radius 2 is 2.11 bits per heavy atom. The first kappa shape index (κ1) is 14.9. The molecular formula is C12H21N3O2S. The van der Waals surface area contributed by atoms with E-state index in [-0.39, 0.29) is 11.1 Å². The monoisotopic (exact) mass is 271 g/mol. The van der Waals surface area contributed by atoms with E-state index in [9.17, 15) is 8.42 Å². The van der Waals surface area contributed by atoms with Crippen LogP contribution < -0.4 is 10.0 Å². The Labute approximate surface area is 109 Å². The number of aromatic nitrogens is 1. The van der Waals surface area contributed by atoms with Gasteiger partial charge in [-0.3, -0.25) is 0 Å². The minimum absolute atomic E-state index is 0.0683. The van der Waals surface area contributed by atoms with Gasteiger partial charge in [0.2, 0.25) is 0 Å². The van der Waals surface area contributed by atoms with Crippen molar-refractivity contribution in [1.82, 2.24) is 9.71 Å². The fourth-order valence-electron chi connectivity index (χ4n) is 1.40. The number of rotatable bonds is 7. The van der Waals surface area contributed by atoms with E-state index in [0.29, 0.717) is 5.69 Å². The standard InChI is InChI=1S/C12H21N3O2S/c1-4-8-13-11-7-6-9-14-12(11)18(16,17)15-10(3)5-2/h6-7,9-10,13,15H,4-5,8H2,1-3H3. The Kier molecular flexibility index (Phi) is 5.55. The highest BCUT2D eigenvalue weighted by Crippen LogP contribution is 2.18. The van der Waals surface area contributed by atoms with E-state index in [1.165, 1.54) is 6.20 Å². The molecule has 1 heterocycles. The lowest BCUT2D eigenvalue weighted by molar-refractivity contribution is 0.552. The summed E-state index contributed by atoms with van der Waals surface area (Å²) < 4.78 is 27.0. The highest BCUT2D eigenvalue weighted by atomic mass is 32.2. The normalized spacial score (nSPS) is 13.3. The predicted molar refractivity (Wildman–Crippen MR) is 73.1 cm³/mol. The summed E-state index contributed by atoms with van der Waals surface area (Å²) in [4.78, 5) is 3.98. The van der Waals surface area contributed by atoms with E-state index in [0.717, 1.165) is 19.4 Å². The smallest absolute Gasteiger partial charge is 0.260 e. The van der Waals surface area contributed by atoms with Crippen molar-refractivity contribution in [1.29, 1.82) is 0 Å². The van der Waals surface area contributed by atoms with Crippen molar-refractivity contribution >= 4 is 15.7 Å². The molecule has 0 aliphatic rings. The third-order valence-corrected chi connectivity index (χ3v) is 4.11. The largest absolute Gasteiger partial charge is 0.383 e. The van der Waals surface area contributed by atoms with Gasteiger partial charge in [0.05, 0.1) is 5.69 Å². The van der Waals surface area contributed by atoms with Crippen LogP contribution in [0.2, 0.25) is 0 Å². The average Bonchev–Trinajstić information content (AvgIpc) is 2.36. The van der Waals surface area contributed by atoms with E-state index >= 15 is 0 Å². The zero-order chi connectivity index (χ0) is 13.6. The fourth-order valence-corrected chi connectivity index (χ4v) is 2.84. The molecule has 1 rings (SSSR count). The molecule has 5 nitrogen and oxygen atoms in total. The van der Waals surface area contributed by atoms with Gasteiger partial charge >= 0.3 is 0 Å². The lowest BCUT2D eigenvalue weighted by Crippen LogP contribution is -2.33. The van der Waals surface area contributed by atoms with Gasteiger partial charge in [-0.15, -0.1) is 0 Å². The highest BCUT2D eigenvalue weighted by Gasteiger charge is 2.21. The predicted octanol–water partition coefficient (Wildman–Crippen LogP) is 1.98. The summed E-state index contributed by atoms with van der Waals surface area (Å²) in [6.07, 6.45) is 3.15. The first-order valence-electron chi connectivity index (χ1n) is 6.22. The molecule has 0 saturated carbocycles. The first-order valence-corrected chi connectivity index (χ1v) is 7.70. The van der Waals surface area contributed by atoms with Gasteiger partial charge in [0.1, 0.15) is 0 Å². The summed E-state index contributed by atoms with van der Waals surface area (Å²) in [5.41, 5.74) is 0.551. The van der Waals surface area contributed by atoms with Crippen LogP contribution in [-0.4, -0.2) is 26.0 Å². The molecule has 0 radical (unpaired) electrons. The van der Waals surface area contributed by atoms with Crippen molar-refractivity contribution in [3.63, 3.8) is 0 Å². The van der Waals surface area contributed by atoms with Crippen LogP contribution in [0.15, 0.2) is 23.4 Å². The van der Waals surface area contributed by atoms with Gasteiger partial charge in [-0.2, -0.15) is 0 Å². The Morgan fingerprint density at radius 3 is 2.72 bits per heavy atom. The molecule has 0 spiro atoms. The van der Waals surface area contributed by atoms with Crippen molar-refractivity contribution in [2.75, 3.05) is 11.9 Å². The van der Waals surface area contributed by atoms with Crippen LogP contribution in [0.1, 0.15) is 33.6 Å². The number of nitrogens with zero attached hydrogens (tertiary/aromatic N) is 1. The maximum atomic E-state index is 12.2. The zero-order valence-electron chi connectivity index (χ0n) is 11.1. The first-order chi connectivity index (χ1) is 8.51. The van der Waals surface area contributed by atoms with E-state index in [1.54, 1.807) is 12.1 Å². The lowest BCUT2D eigenvalue weighted by atomic mass is 10.3. The number of nitrogens with one attached hydrogen (secondary N) is 2. The molecule has 2 N–H and O–H groups in total. The summed E-state index contributed by atoms with van der Waals surface area (Å²) in [5.74, 6) is 0. The summed E-state index contributed by atoms with van der Waals surface area (Å²) in [6, 6.07) is 3.35. The molecule has 0 fully saturated rings. The second-order valence-corrected chi connectivity index (χ2v) is 5.84. The van der Waals surface area contributed by atoms with Crippen LogP contribution in [0.4, 0.5) is 5.69 Å². The number of hydrogen-bond donors (Lipinski definition) is 2. The molecule has 1 unspecified atom stereocenters. The van der Waals surface area contributed by atoms with Gasteiger partial charge in [-0.25, -0.2) is 18.1 Å². The number of anilines is 1. The molecule has 18 heavy (non-hydrogen) atoms. The van der Waals surface area contributed by atoms with Crippen LogP contribution in [0.3, 0.4) is 0 Å². The van der Waals surface area contributed by atoms with Crippen molar-refractivity contribution < 1.29 is 8.42 Å². The minimum atomic E-state index is -3.56. The second kappa shape index (κ2) is 6.70. The Balaban J connectivity index is 3.00. The second-order valence-electron chi connectivity index (χ2n) is 4.21. The van der Waals surface area contributed by atoms with E-state index in [4.69, 9.17) is 0 Å². The Hall–Kier alpha value is -1.14. The highest BCUT2D eigenvalue weighted by molar-refractivity contribution is 7.89. The van der Waals surface area contributed by atoms with Crippen LogP contribution in [0.5, 0.6) is 0 Å². The number of hydrogen-bond acceptors (Lipinski definition) is 4.